The minimum atomic E-state index is -0.426. The SMILES string of the molecule is COc1ccc(Cl)cc1NC1=C(c2ccc(OC(C)C)cc2)C(=O)N(C)C1=O. The third-order valence-electron chi connectivity index (χ3n) is 4.22. The second-order valence-electron chi connectivity index (χ2n) is 6.58. The molecule has 6 nitrogen and oxygen atoms in total. The summed E-state index contributed by atoms with van der Waals surface area (Å²) in [6.45, 7) is 3.87. The predicted molar refractivity (Wildman–Crippen MR) is 109 cm³/mol. The molecule has 0 fully saturated rings. The zero-order valence-corrected chi connectivity index (χ0v) is 16.8. The van der Waals surface area contributed by atoms with Gasteiger partial charge in [-0.05, 0) is 49.7 Å². The molecule has 28 heavy (non-hydrogen) atoms. The van der Waals surface area contributed by atoms with Gasteiger partial charge in [0.1, 0.15) is 17.2 Å². The summed E-state index contributed by atoms with van der Waals surface area (Å²) < 4.78 is 11.0. The Morgan fingerprint density at radius 1 is 1.04 bits per heavy atom. The fraction of sp³-hybridized carbons (Fsp3) is 0.238. The standard InChI is InChI=1S/C21H21ClN2O4/c1-12(2)28-15-8-5-13(6-9-15)18-19(21(26)24(3)20(18)25)23-16-11-14(22)7-10-17(16)27-4/h5-12,23H,1-4H3. The van der Waals surface area contributed by atoms with Gasteiger partial charge in [-0.3, -0.25) is 14.5 Å². The number of nitrogens with one attached hydrogen (secondary N) is 1. The molecule has 0 saturated carbocycles. The van der Waals surface area contributed by atoms with Crippen LogP contribution >= 0.6 is 11.6 Å². The zero-order chi connectivity index (χ0) is 20.4. The Labute approximate surface area is 168 Å². The highest BCUT2D eigenvalue weighted by molar-refractivity contribution is 6.36. The van der Waals surface area contributed by atoms with E-state index in [-0.39, 0.29) is 23.3 Å². The first-order chi connectivity index (χ1) is 13.3. The number of halogens is 1. The summed E-state index contributed by atoms with van der Waals surface area (Å²) in [4.78, 5) is 26.5. The molecular weight excluding hydrogens is 380 g/mol. The molecule has 1 aliphatic heterocycles. The average Bonchev–Trinajstić information content (AvgIpc) is 2.86. The molecule has 2 aromatic carbocycles. The number of hydrogen-bond donors (Lipinski definition) is 1. The number of carbonyl (C=O) groups is 2. The Morgan fingerprint density at radius 3 is 2.32 bits per heavy atom. The van der Waals surface area contributed by atoms with Crippen molar-refractivity contribution in [1.29, 1.82) is 0 Å². The second kappa shape index (κ2) is 7.94. The molecule has 7 heteroatoms. The normalized spacial score (nSPS) is 14.1. The summed E-state index contributed by atoms with van der Waals surface area (Å²) >= 11 is 6.08. The van der Waals surface area contributed by atoms with Crippen molar-refractivity contribution in [2.45, 2.75) is 20.0 Å². The lowest BCUT2D eigenvalue weighted by atomic mass is 10.0. The molecule has 0 atom stereocenters. The maximum atomic E-state index is 12.7. The number of carbonyl (C=O) groups excluding carboxylic acids is 2. The van der Waals surface area contributed by atoms with Crippen LogP contribution in [0.2, 0.25) is 5.02 Å². The molecule has 1 N–H and O–H groups in total. The summed E-state index contributed by atoms with van der Waals surface area (Å²) in [5.74, 6) is 0.387. The van der Waals surface area contributed by atoms with Gasteiger partial charge in [0.25, 0.3) is 11.8 Å². The summed E-state index contributed by atoms with van der Waals surface area (Å²) in [5, 5.41) is 3.51. The van der Waals surface area contributed by atoms with E-state index in [2.05, 4.69) is 5.32 Å². The van der Waals surface area contributed by atoms with Gasteiger partial charge in [-0.2, -0.15) is 0 Å². The molecule has 2 aromatic rings. The van der Waals surface area contributed by atoms with E-state index >= 15 is 0 Å². The van der Waals surface area contributed by atoms with Crippen LogP contribution in [-0.2, 0) is 9.59 Å². The Bertz CT molecular complexity index is 951. The van der Waals surface area contributed by atoms with Gasteiger partial charge in [-0.15, -0.1) is 0 Å². The topological polar surface area (TPSA) is 67.9 Å². The predicted octanol–water partition coefficient (Wildman–Crippen LogP) is 3.96. The van der Waals surface area contributed by atoms with Crippen molar-refractivity contribution in [2.24, 2.45) is 0 Å². The third kappa shape index (κ3) is 3.82. The molecule has 146 valence electrons. The molecule has 0 bridgehead atoms. The number of imide groups is 1. The number of likely N-dealkylation sites (N-methyl/N-ethyl adjacent to an activating group) is 1. The van der Waals surface area contributed by atoms with E-state index in [9.17, 15) is 9.59 Å². The Morgan fingerprint density at radius 2 is 1.71 bits per heavy atom. The summed E-state index contributed by atoms with van der Waals surface area (Å²) in [5.41, 5.74) is 1.57. The van der Waals surface area contributed by atoms with Crippen LogP contribution in [0.3, 0.4) is 0 Å². The Hall–Kier alpha value is -2.99. The van der Waals surface area contributed by atoms with Crippen molar-refractivity contribution in [3.63, 3.8) is 0 Å². The number of methoxy groups -OCH3 is 1. The van der Waals surface area contributed by atoms with Gasteiger partial charge in [-0.1, -0.05) is 23.7 Å². The molecule has 3 rings (SSSR count). The molecule has 0 unspecified atom stereocenters. The maximum absolute atomic E-state index is 12.7. The van der Waals surface area contributed by atoms with Crippen molar-refractivity contribution in [3.05, 3.63) is 58.7 Å². The van der Waals surface area contributed by atoms with Gasteiger partial charge in [0.05, 0.1) is 24.5 Å². The minimum Gasteiger partial charge on any atom is -0.495 e. The van der Waals surface area contributed by atoms with Crippen molar-refractivity contribution >= 4 is 34.7 Å². The highest BCUT2D eigenvalue weighted by atomic mass is 35.5. The van der Waals surface area contributed by atoms with Gasteiger partial charge in [0.15, 0.2) is 0 Å². The molecule has 0 saturated heterocycles. The lowest BCUT2D eigenvalue weighted by molar-refractivity contribution is -0.135. The van der Waals surface area contributed by atoms with Crippen LogP contribution in [-0.4, -0.2) is 37.0 Å². The summed E-state index contributed by atoms with van der Waals surface area (Å²) in [7, 11) is 2.97. The average molecular weight is 401 g/mol. The van der Waals surface area contributed by atoms with Crippen LogP contribution in [0.1, 0.15) is 19.4 Å². The van der Waals surface area contributed by atoms with E-state index in [1.54, 1.807) is 42.5 Å². The van der Waals surface area contributed by atoms with Crippen LogP contribution < -0.4 is 14.8 Å². The molecule has 1 aliphatic rings. The van der Waals surface area contributed by atoms with Crippen molar-refractivity contribution < 1.29 is 19.1 Å². The number of benzene rings is 2. The molecule has 0 aliphatic carbocycles. The summed E-state index contributed by atoms with van der Waals surface area (Å²) in [6.07, 6.45) is 0.0402. The first-order valence-electron chi connectivity index (χ1n) is 8.76. The Kier molecular flexibility index (Phi) is 5.61. The molecule has 2 amide bonds. The van der Waals surface area contributed by atoms with E-state index < -0.39 is 5.91 Å². The van der Waals surface area contributed by atoms with Crippen LogP contribution in [0.15, 0.2) is 48.2 Å². The van der Waals surface area contributed by atoms with Crippen molar-refractivity contribution in [1.82, 2.24) is 4.90 Å². The second-order valence-corrected chi connectivity index (χ2v) is 7.02. The maximum Gasteiger partial charge on any atom is 0.277 e. The van der Waals surface area contributed by atoms with Crippen LogP contribution in [0.25, 0.3) is 5.57 Å². The first kappa shape index (κ1) is 19.8. The van der Waals surface area contributed by atoms with E-state index in [4.69, 9.17) is 21.1 Å². The monoisotopic (exact) mass is 400 g/mol. The molecule has 0 spiro atoms. The van der Waals surface area contributed by atoms with Crippen LogP contribution in [0, 0.1) is 0 Å². The van der Waals surface area contributed by atoms with Gasteiger partial charge in [0, 0.05) is 12.1 Å². The van der Waals surface area contributed by atoms with Crippen molar-refractivity contribution in [2.75, 3.05) is 19.5 Å². The quantitative estimate of drug-likeness (QED) is 0.743. The smallest absolute Gasteiger partial charge is 0.277 e. The number of anilines is 1. The first-order valence-corrected chi connectivity index (χ1v) is 9.14. The highest BCUT2D eigenvalue weighted by Crippen LogP contribution is 2.34. The van der Waals surface area contributed by atoms with Gasteiger partial charge in [-0.25, -0.2) is 0 Å². The van der Waals surface area contributed by atoms with Gasteiger partial charge in [0.2, 0.25) is 0 Å². The summed E-state index contributed by atoms with van der Waals surface area (Å²) in [6, 6.07) is 12.1. The lowest BCUT2D eigenvalue weighted by Gasteiger charge is -2.13. The van der Waals surface area contributed by atoms with Gasteiger partial charge < -0.3 is 14.8 Å². The van der Waals surface area contributed by atoms with Gasteiger partial charge >= 0.3 is 0 Å². The van der Waals surface area contributed by atoms with E-state index in [1.807, 2.05) is 13.8 Å². The van der Waals surface area contributed by atoms with E-state index in [0.717, 1.165) is 4.90 Å². The molecule has 0 radical (unpaired) electrons. The molecule has 1 heterocycles. The third-order valence-corrected chi connectivity index (χ3v) is 4.46. The lowest BCUT2D eigenvalue weighted by Crippen LogP contribution is -2.27. The molecular formula is C21H21ClN2O4. The molecule has 0 aromatic heterocycles. The number of rotatable bonds is 6. The van der Waals surface area contributed by atoms with Crippen molar-refractivity contribution in [3.8, 4) is 11.5 Å². The fourth-order valence-corrected chi connectivity index (χ4v) is 3.08. The van der Waals surface area contributed by atoms with E-state index in [0.29, 0.717) is 27.8 Å². The van der Waals surface area contributed by atoms with E-state index in [1.165, 1.54) is 14.2 Å². The fourth-order valence-electron chi connectivity index (χ4n) is 2.91. The van der Waals surface area contributed by atoms with Crippen LogP contribution in [0.5, 0.6) is 11.5 Å². The minimum absolute atomic E-state index is 0.0402. The number of nitrogens with zero attached hydrogens (tertiary/aromatic N) is 1. The number of amides is 2. The Balaban J connectivity index is 2.04. The number of hydrogen-bond acceptors (Lipinski definition) is 5. The largest absolute Gasteiger partial charge is 0.495 e. The highest BCUT2D eigenvalue weighted by Gasteiger charge is 2.37. The van der Waals surface area contributed by atoms with Crippen LogP contribution in [0.4, 0.5) is 5.69 Å². The zero-order valence-electron chi connectivity index (χ0n) is 16.1. The number of ether oxygens (including phenoxy) is 2.